The van der Waals surface area contributed by atoms with Crippen molar-refractivity contribution in [1.82, 2.24) is 5.43 Å². The molecule has 21 heavy (non-hydrogen) atoms. The van der Waals surface area contributed by atoms with E-state index in [1.165, 1.54) is 0 Å². The molecule has 0 aromatic heterocycles. The van der Waals surface area contributed by atoms with Crippen LogP contribution >= 0.6 is 11.6 Å². The zero-order valence-electron chi connectivity index (χ0n) is 11.8. The van der Waals surface area contributed by atoms with Gasteiger partial charge in [-0.3, -0.25) is 4.79 Å². The summed E-state index contributed by atoms with van der Waals surface area (Å²) in [5.74, 6) is -0.140. The Bertz CT molecular complexity index is 621. The van der Waals surface area contributed by atoms with Crippen LogP contribution in [0.15, 0.2) is 59.7 Å². The lowest BCUT2D eigenvalue weighted by Gasteiger charge is -2.05. The van der Waals surface area contributed by atoms with Crippen LogP contribution in [0.2, 0.25) is 5.02 Å². The number of hydrogen-bond donors (Lipinski definition) is 1. The number of nitrogens with zero attached hydrogens (tertiary/aromatic N) is 1. The van der Waals surface area contributed by atoms with Crippen LogP contribution in [0.25, 0.3) is 0 Å². The lowest BCUT2D eigenvalue weighted by molar-refractivity contribution is -0.120. The molecule has 0 saturated carbocycles. The summed E-state index contributed by atoms with van der Waals surface area (Å²) in [5, 5.41) is 4.88. The lowest BCUT2D eigenvalue weighted by Crippen LogP contribution is -2.21. The number of carbonyl (C=O) groups is 1. The smallest absolute Gasteiger partial charge is 0.244 e. The first-order valence-electron chi connectivity index (χ1n) is 6.84. The van der Waals surface area contributed by atoms with Gasteiger partial charge in [0.25, 0.3) is 0 Å². The lowest BCUT2D eigenvalue weighted by atomic mass is 10.1. The number of hydrazone groups is 1. The molecule has 4 heteroatoms. The van der Waals surface area contributed by atoms with E-state index < -0.39 is 0 Å². The summed E-state index contributed by atoms with van der Waals surface area (Å²) in [6, 6.07) is 17.0. The number of halogens is 1. The van der Waals surface area contributed by atoms with Gasteiger partial charge >= 0.3 is 0 Å². The molecule has 108 valence electrons. The van der Waals surface area contributed by atoms with Gasteiger partial charge in [0.05, 0.1) is 12.1 Å². The van der Waals surface area contributed by atoms with Crippen molar-refractivity contribution >= 4 is 23.2 Å². The van der Waals surface area contributed by atoms with Crippen LogP contribution in [0, 0.1) is 0 Å². The van der Waals surface area contributed by atoms with E-state index in [1.807, 2.05) is 49.4 Å². The third kappa shape index (κ3) is 4.72. The first-order chi connectivity index (χ1) is 10.2. The van der Waals surface area contributed by atoms with E-state index in [9.17, 15) is 4.79 Å². The van der Waals surface area contributed by atoms with Crippen LogP contribution in [0.4, 0.5) is 0 Å². The van der Waals surface area contributed by atoms with Crippen molar-refractivity contribution in [2.24, 2.45) is 5.10 Å². The van der Waals surface area contributed by atoms with Gasteiger partial charge in [-0.2, -0.15) is 5.10 Å². The standard InChI is InChI=1S/C17H17ClN2O/c1-2-16(14-6-4-3-5-7-14)19-20-17(21)12-13-8-10-15(18)11-9-13/h3-11H,2,12H2,1H3,(H,20,21)/b19-16+. The van der Waals surface area contributed by atoms with Gasteiger partial charge in [0.15, 0.2) is 0 Å². The Balaban J connectivity index is 1.98. The zero-order chi connectivity index (χ0) is 15.1. The molecule has 0 aliphatic carbocycles. The summed E-state index contributed by atoms with van der Waals surface area (Å²) in [4.78, 5) is 11.9. The van der Waals surface area contributed by atoms with Crippen molar-refractivity contribution in [2.75, 3.05) is 0 Å². The fourth-order valence-corrected chi connectivity index (χ4v) is 2.06. The van der Waals surface area contributed by atoms with E-state index in [2.05, 4.69) is 10.5 Å². The van der Waals surface area contributed by atoms with E-state index in [-0.39, 0.29) is 12.3 Å². The van der Waals surface area contributed by atoms with Crippen LogP contribution < -0.4 is 5.43 Å². The molecule has 0 radical (unpaired) electrons. The average molecular weight is 301 g/mol. The molecule has 0 spiro atoms. The highest BCUT2D eigenvalue weighted by Crippen LogP contribution is 2.10. The molecular formula is C17H17ClN2O. The molecule has 2 aromatic carbocycles. The van der Waals surface area contributed by atoms with Gasteiger partial charge < -0.3 is 0 Å². The van der Waals surface area contributed by atoms with Crippen molar-refractivity contribution < 1.29 is 4.79 Å². The molecule has 0 bridgehead atoms. The second-order valence-electron chi connectivity index (χ2n) is 4.62. The van der Waals surface area contributed by atoms with E-state index in [1.54, 1.807) is 12.1 Å². The van der Waals surface area contributed by atoms with Gasteiger partial charge in [0, 0.05) is 5.02 Å². The van der Waals surface area contributed by atoms with Gasteiger partial charge in [-0.15, -0.1) is 0 Å². The third-order valence-corrected chi connectivity index (χ3v) is 3.29. The molecule has 0 aliphatic heterocycles. The maximum Gasteiger partial charge on any atom is 0.244 e. The Morgan fingerprint density at radius 2 is 1.76 bits per heavy atom. The average Bonchev–Trinajstić information content (AvgIpc) is 2.51. The van der Waals surface area contributed by atoms with Crippen LogP contribution in [0.5, 0.6) is 0 Å². The number of amides is 1. The molecule has 0 fully saturated rings. The molecular weight excluding hydrogens is 284 g/mol. The first-order valence-corrected chi connectivity index (χ1v) is 7.22. The molecule has 2 aromatic rings. The predicted molar refractivity (Wildman–Crippen MR) is 86.6 cm³/mol. The Morgan fingerprint density at radius 3 is 2.38 bits per heavy atom. The third-order valence-electron chi connectivity index (χ3n) is 3.04. The van der Waals surface area contributed by atoms with E-state index in [4.69, 9.17) is 11.6 Å². The molecule has 1 amide bonds. The molecule has 2 rings (SSSR count). The molecule has 3 nitrogen and oxygen atoms in total. The fourth-order valence-electron chi connectivity index (χ4n) is 1.94. The Morgan fingerprint density at radius 1 is 1.10 bits per heavy atom. The minimum atomic E-state index is -0.140. The van der Waals surface area contributed by atoms with Crippen molar-refractivity contribution in [3.05, 3.63) is 70.7 Å². The minimum Gasteiger partial charge on any atom is -0.273 e. The molecule has 1 N–H and O–H groups in total. The Kier molecular flexibility index (Phi) is 5.52. The van der Waals surface area contributed by atoms with Crippen LogP contribution in [-0.2, 0) is 11.2 Å². The van der Waals surface area contributed by atoms with Crippen LogP contribution in [0.3, 0.4) is 0 Å². The number of hydrogen-bond acceptors (Lipinski definition) is 2. The van der Waals surface area contributed by atoms with E-state index >= 15 is 0 Å². The van der Waals surface area contributed by atoms with E-state index in [0.717, 1.165) is 23.3 Å². The number of nitrogens with one attached hydrogen (secondary N) is 1. The normalized spacial score (nSPS) is 11.2. The Hall–Kier alpha value is -2.13. The molecule has 0 saturated heterocycles. The molecule has 0 aliphatic rings. The maximum atomic E-state index is 11.9. The van der Waals surface area contributed by atoms with Crippen molar-refractivity contribution in [2.45, 2.75) is 19.8 Å². The van der Waals surface area contributed by atoms with Gasteiger partial charge in [0.1, 0.15) is 0 Å². The zero-order valence-corrected chi connectivity index (χ0v) is 12.6. The summed E-state index contributed by atoms with van der Waals surface area (Å²) in [6.07, 6.45) is 1.04. The van der Waals surface area contributed by atoms with E-state index in [0.29, 0.717) is 5.02 Å². The van der Waals surface area contributed by atoms with Gasteiger partial charge in [-0.1, -0.05) is 61.0 Å². The highest BCUT2D eigenvalue weighted by molar-refractivity contribution is 6.30. The molecule has 0 atom stereocenters. The van der Waals surface area contributed by atoms with Crippen molar-refractivity contribution in [3.63, 3.8) is 0 Å². The molecule has 0 heterocycles. The summed E-state index contributed by atoms with van der Waals surface area (Å²) in [7, 11) is 0. The molecule has 0 unspecified atom stereocenters. The van der Waals surface area contributed by atoms with Crippen molar-refractivity contribution in [1.29, 1.82) is 0 Å². The quantitative estimate of drug-likeness (QED) is 0.662. The Labute approximate surface area is 129 Å². The fraction of sp³-hybridized carbons (Fsp3) is 0.176. The monoisotopic (exact) mass is 300 g/mol. The maximum absolute atomic E-state index is 11.9. The van der Waals surface area contributed by atoms with Gasteiger partial charge in [0.2, 0.25) is 5.91 Å². The van der Waals surface area contributed by atoms with Crippen LogP contribution in [-0.4, -0.2) is 11.6 Å². The number of rotatable bonds is 5. The summed E-state index contributed by atoms with van der Waals surface area (Å²) in [6.45, 7) is 2.01. The predicted octanol–water partition coefficient (Wildman–Crippen LogP) is 3.81. The highest BCUT2D eigenvalue weighted by Gasteiger charge is 2.04. The summed E-state index contributed by atoms with van der Waals surface area (Å²) < 4.78 is 0. The van der Waals surface area contributed by atoms with Crippen molar-refractivity contribution in [3.8, 4) is 0 Å². The largest absolute Gasteiger partial charge is 0.273 e. The second kappa shape index (κ2) is 7.60. The summed E-state index contributed by atoms with van der Waals surface area (Å²) in [5.41, 5.74) is 5.40. The highest BCUT2D eigenvalue weighted by atomic mass is 35.5. The van der Waals surface area contributed by atoms with Crippen LogP contribution in [0.1, 0.15) is 24.5 Å². The summed E-state index contributed by atoms with van der Waals surface area (Å²) >= 11 is 5.82. The number of carbonyl (C=O) groups excluding carboxylic acids is 1. The van der Waals surface area contributed by atoms with Gasteiger partial charge in [-0.25, -0.2) is 5.43 Å². The van der Waals surface area contributed by atoms with Gasteiger partial charge in [-0.05, 0) is 29.7 Å². The minimum absolute atomic E-state index is 0.140. The second-order valence-corrected chi connectivity index (χ2v) is 5.05. The SMILES string of the molecule is CC/C(=N\NC(=O)Cc1ccc(Cl)cc1)c1ccccc1. The first kappa shape index (κ1) is 15.3. The topological polar surface area (TPSA) is 41.5 Å². The number of benzene rings is 2.